The van der Waals surface area contributed by atoms with Crippen LogP contribution < -0.4 is 4.72 Å². The van der Waals surface area contributed by atoms with Crippen LogP contribution in [0, 0.1) is 17.1 Å². The summed E-state index contributed by atoms with van der Waals surface area (Å²) >= 11 is 0. The van der Waals surface area contributed by atoms with Crippen molar-refractivity contribution >= 4 is 10.0 Å². The molecule has 116 valence electrons. The molecular formula is C14H20FN3O2S. The minimum absolute atomic E-state index is 0.105. The molecule has 7 heteroatoms. The number of nitrogens with one attached hydrogen (secondary N) is 1. The third-order valence-electron chi connectivity index (χ3n) is 3.15. The lowest BCUT2D eigenvalue weighted by molar-refractivity contribution is 0.282. The number of nitriles is 1. The molecule has 1 atom stereocenters. The Hall–Kier alpha value is -1.49. The summed E-state index contributed by atoms with van der Waals surface area (Å²) in [6.07, 6.45) is 0. The van der Waals surface area contributed by atoms with Gasteiger partial charge in [0.25, 0.3) is 0 Å². The van der Waals surface area contributed by atoms with Crippen molar-refractivity contribution in [3.8, 4) is 6.07 Å². The quantitative estimate of drug-likeness (QED) is 0.831. The predicted molar refractivity (Wildman–Crippen MR) is 78.7 cm³/mol. The molecule has 0 radical (unpaired) electrons. The fourth-order valence-corrected chi connectivity index (χ4v) is 3.26. The van der Waals surface area contributed by atoms with Crippen LogP contribution in [0.25, 0.3) is 0 Å². The van der Waals surface area contributed by atoms with E-state index in [1.807, 2.05) is 13.8 Å². The van der Waals surface area contributed by atoms with E-state index in [0.717, 1.165) is 31.3 Å². The first kappa shape index (κ1) is 17.6. The molecule has 1 unspecified atom stereocenters. The van der Waals surface area contributed by atoms with Gasteiger partial charge in [0.1, 0.15) is 11.9 Å². The summed E-state index contributed by atoms with van der Waals surface area (Å²) in [4.78, 5) is 1.99. The topological polar surface area (TPSA) is 73.2 Å². The second kappa shape index (κ2) is 7.50. The van der Waals surface area contributed by atoms with E-state index < -0.39 is 15.8 Å². The Labute approximate surface area is 125 Å². The first-order valence-electron chi connectivity index (χ1n) is 6.78. The maximum Gasteiger partial charge on any atom is 0.240 e. The average molecular weight is 313 g/mol. The van der Waals surface area contributed by atoms with Crippen LogP contribution in [0.15, 0.2) is 23.1 Å². The molecule has 0 aliphatic rings. The molecule has 1 rings (SSSR count). The fourth-order valence-electron chi connectivity index (χ4n) is 2.00. The van der Waals surface area contributed by atoms with Gasteiger partial charge in [-0.25, -0.2) is 17.5 Å². The van der Waals surface area contributed by atoms with E-state index in [4.69, 9.17) is 5.26 Å². The highest BCUT2D eigenvalue weighted by atomic mass is 32.2. The zero-order valence-corrected chi connectivity index (χ0v) is 13.2. The molecule has 0 saturated heterocycles. The van der Waals surface area contributed by atoms with Crippen molar-refractivity contribution in [1.29, 1.82) is 5.26 Å². The summed E-state index contributed by atoms with van der Waals surface area (Å²) in [6, 6.07) is 4.54. The van der Waals surface area contributed by atoms with Crippen molar-refractivity contribution in [2.45, 2.75) is 31.7 Å². The van der Waals surface area contributed by atoms with Gasteiger partial charge < -0.3 is 4.90 Å². The highest BCUT2D eigenvalue weighted by Crippen LogP contribution is 2.14. The third kappa shape index (κ3) is 4.77. The van der Waals surface area contributed by atoms with E-state index >= 15 is 0 Å². The van der Waals surface area contributed by atoms with Gasteiger partial charge in [-0.15, -0.1) is 0 Å². The van der Waals surface area contributed by atoms with Crippen molar-refractivity contribution < 1.29 is 12.8 Å². The van der Waals surface area contributed by atoms with Gasteiger partial charge in [-0.05, 0) is 38.2 Å². The summed E-state index contributed by atoms with van der Waals surface area (Å²) in [5, 5.41) is 8.76. The zero-order chi connectivity index (χ0) is 16.0. The zero-order valence-electron chi connectivity index (χ0n) is 12.4. The van der Waals surface area contributed by atoms with Crippen molar-refractivity contribution in [3.05, 3.63) is 29.6 Å². The van der Waals surface area contributed by atoms with Gasteiger partial charge in [-0.1, -0.05) is 13.8 Å². The SMILES string of the molecule is CCN(CC)CC(C)NS(=O)(=O)c1ccc(F)c(C#N)c1. The highest BCUT2D eigenvalue weighted by molar-refractivity contribution is 7.89. The standard InChI is InChI=1S/C14H20FN3O2S/c1-4-18(5-2)10-11(3)17-21(19,20)13-6-7-14(15)12(8-13)9-16/h6-8,11,17H,4-5,10H2,1-3H3. The molecule has 0 amide bonds. The van der Waals surface area contributed by atoms with Gasteiger partial charge in [0, 0.05) is 12.6 Å². The summed E-state index contributed by atoms with van der Waals surface area (Å²) in [5.41, 5.74) is -0.283. The minimum atomic E-state index is -3.77. The van der Waals surface area contributed by atoms with E-state index in [1.54, 1.807) is 13.0 Å². The average Bonchev–Trinajstić information content (AvgIpc) is 2.44. The number of benzene rings is 1. The smallest absolute Gasteiger partial charge is 0.240 e. The first-order chi connectivity index (χ1) is 9.83. The molecular weight excluding hydrogens is 293 g/mol. The summed E-state index contributed by atoms with van der Waals surface area (Å²) in [6.45, 7) is 8.02. The Morgan fingerprint density at radius 3 is 2.52 bits per heavy atom. The normalized spacial score (nSPS) is 13.1. The lowest BCUT2D eigenvalue weighted by Gasteiger charge is -2.23. The van der Waals surface area contributed by atoms with Gasteiger partial charge >= 0.3 is 0 Å². The Morgan fingerprint density at radius 1 is 1.38 bits per heavy atom. The van der Waals surface area contributed by atoms with Crippen LogP contribution in [0.1, 0.15) is 26.3 Å². The number of nitrogens with zero attached hydrogens (tertiary/aromatic N) is 2. The van der Waals surface area contributed by atoms with Crippen LogP contribution in [0.3, 0.4) is 0 Å². The lowest BCUT2D eigenvalue weighted by atomic mass is 10.2. The Kier molecular flexibility index (Phi) is 6.27. The van der Waals surface area contributed by atoms with E-state index in [9.17, 15) is 12.8 Å². The molecule has 1 aromatic rings. The van der Waals surface area contributed by atoms with E-state index in [0.29, 0.717) is 6.54 Å². The third-order valence-corrected chi connectivity index (χ3v) is 4.74. The summed E-state index contributed by atoms with van der Waals surface area (Å²) < 4.78 is 40.2. The number of hydrogen-bond acceptors (Lipinski definition) is 4. The molecule has 0 saturated carbocycles. The van der Waals surface area contributed by atoms with Crippen LogP contribution in [-0.2, 0) is 10.0 Å². The molecule has 0 fully saturated rings. The largest absolute Gasteiger partial charge is 0.302 e. The Balaban J connectivity index is 2.89. The lowest BCUT2D eigenvalue weighted by Crippen LogP contribution is -2.41. The fraction of sp³-hybridized carbons (Fsp3) is 0.500. The number of likely N-dealkylation sites (N-methyl/N-ethyl adjacent to an activating group) is 1. The molecule has 1 aromatic carbocycles. The van der Waals surface area contributed by atoms with Gasteiger partial charge in [0.2, 0.25) is 10.0 Å². The van der Waals surface area contributed by atoms with Gasteiger partial charge in [0.05, 0.1) is 10.5 Å². The molecule has 21 heavy (non-hydrogen) atoms. The number of hydrogen-bond donors (Lipinski definition) is 1. The molecule has 5 nitrogen and oxygen atoms in total. The predicted octanol–water partition coefficient (Wildman–Crippen LogP) is 1.71. The van der Waals surface area contributed by atoms with Crippen molar-refractivity contribution in [3.63, 3.8) is 0 Å². The Morgan fingerprint density at radius 2 is 2.00 bits per heavy atom. The monoisotopic (exact) mass is 313 g/mol. The minimum Gasteiger partial charge on any atom is -0.302 e. The molecule has 0 aliphatic carbocycles. The van der Waals surface area contributed by atoms with Crippen LogP contribution in [-0.4, -0.2) is 39.0 Å². The number of halogens is 1. The van der Waals surface area contributed by atoms with Gasteiger partial charge in [-0.2, -0.15) is 5.26 Å². The van der Waals surface area contributed by atoms with Crippen molar-refractivity contribution in [1.82, 2.24) is 9.62 Å². The molecule has 0 spiro atoms. The molecule has 1 N–H and O–H groups in total. The van der Waals surface area contributed by atoms with E-state index in [1.165, 1.54) is 0 Å². The van der Waals surface area contributed by atoms with Gasteiger partial charge in [-0.3, -0.25) is 0 Å². The molecule has 0 bridgehead atoms. The van der Waals surface area contributed by atoms with Gasteiger partial charge in [0.15, 0.2) is 0 Å². The summed E-state index contributed by atoms with van der Waals surface area (Å²) in [5.74, 6) is -0.729. The molecule has 0 aliphatic heterocycles. The number of rotatable bonds is 7. The van der Waals surface area contributed by atoms with E-state index in [-0.39, 0.29) is 16.5 Å². The maximum atomic E-state index is 13.2. The second-order valence-corrected chi connectivity index (χ2v) is 6.48. The molecule has 0 heterocycles. The second-order valence-electron chi connectivity index (χ2n) is 4.76. The van der Waals surface area contributed by atoms with Crippen LogP contribution in [0.2, 0.25) is 0 Å². The summed E-state index contributed by atoms with van der Waals surface area (Å²) in [7, 11) is -3.77. The van der Waals surface area contributed by atoms with Crippen molar-refractivity contribution in [2.24, 2.45) is 0 Å². The maximum absolute atomic E-state index is 13.2. The van der Waals surface area contributed by atoms with Crippen LogP contribution in [0.4, 0.5) is 4.39 Å². The molecule has 0 aromatic heterocycles. The Bertz CT molecular complexity index is 622. The van der Waals surface area contributed by atoms with Crippen molar-refractivity contribution in [2.75, 3.05) is 19.6 Å². The highest BCUT2D eigenvalue weighted by Gasteiger charge is 2.20. The number of sulfonamides is 1. The first-order valence-corrected chi connectivity index (χ1v) is 8.26. The van der Waals surface area contributed by atoms with Crippen LogP contribution >= 0.6 is 0 Å². The van der Waals surface area contributed by atoms with E-state index in [2.05, 4.69) is 9.62 Å². The van der Waals surface area contributed by atoms with Crippen LogP contribution in [0.5, 0.6) is 0 Å².